The summed E-state index contributed by atoms with van der Waals surface area (Å²) < 4.78 is 12.9. The number of likely N-dealkylation sites (tertiary alicyclic amines) is 1. The highest BCUT2D eigenvalue weighted by atomic mass is 16.6. The van der Waals surface area contributed by atoms with Crippen molar-refractivity contribution in [2.24, 2.45) is 5.41 Å². The molecular formula is C21H22N4O4. The van der Waals surface area contributed by atoms with Crippen molar-refractivity contribution in [3.05, 3.63) is 48.7 Å². The molecular weight excluding hydrogens is 372 g/mol. The summed E-state index contributed by atoms with van der Waals surface area (Å²) in [4.78, 5) is 31.2. The molecule has 2 fully saturated rings. The Morgan fingerprint density at radius 2 is 2.07 bits per heavy atom. The largest absolute Gasteiger partial charge is 0.460 e. The van der Waals surface area contributed by atoms with Crippen LogP contribution in [0, 0.1) is 5.41 Å². The fraction of sp³-hybridized carbons (Fsp3) is 0.429. The van der Waals surface area contributed by atoms with Crippen molar-refractivity contribution in [1.29, 1.82) is 0 Å². The number of aromatic nitrogens is 3. The summed E-state index contributed by atoms with van der Waals surface area (Å²) in [5.41, 5.74) is 0.875. The van der Waals surface area contributed by atoms with E-state index in [4.69, 9.17) is 9.26 Å². The Hall–Kier alpha value is -3.16. The van der Waals surface area contributed by atoms with Gasteiger partial charge in [-0.2, -0.15) is 0 Å². The first-order valence-corrected chi connectivity index (χ1v) is 9.91. The van der Waals surface area contributed by atoms with Crippen LogP contribution in [0.2, 0.25) is 0 Å². The molecule has 2 aliphatic rings. The Balaban J connectivity index is 1.21. The van der Waals surface area contributed by atoms with Crippen molar-refractivity contribution >= 4 is 22.8 Å². The number of esters is 1. The average molecular weight is 394 g/mol. The van der Waals surface area contributed by atoms with Gasteiger partial charge in [0.25, 0.3) is 0 Å². The molecule has 8 heteroatoms. The second-order valence-corrected chi connectivity index (χ2v) is 7.95. The van der Waals surface area contributed by atoms with Crippen molar-refractivity contribution in [1.82, 2.24) is 19.6 Å². The van der Waals surface area contributed by atoms with Crippen LogP contribution in [0.1, 0.15) is 25.0 Å². The summed E-state index contributed by atoms with van der Waals surface area (Å²) in [6.45, 7) is 1.73. The van der Waals surface area contributed by atoms with Crippen LogP contribution in [0.4, 0.5) is 0 Å². The molecule has 4 heterocycles. The van der Waals surface area contributed by atoms with Crippen molar-refractivity contribution in [3.63, 3.8) is 0 Å². The molecule has 0 bridgehead atoms. The fourth-order valence-corrected chi connectivity index (χ4v) is 4.48. The van der Waals surface area contributed by atoms with Gasteiger partial charge in [0.2, 0.25) is 5.91 Å². The number of fused-ring (bicyclic) bond motifs is 1. The first kappa shape index (κ1) is 17.9. The van der Waals surface area contributed by atoms with E-state index in [9.17, 15) is 9.59 Å². The van der Waals surface area contributed by atoms with E-state index in [0.29, 0.717) is 50.2 Å². The zero-order valence-corrected chi connectivity index (χ0v) is 16.0. The molecule has 2 aliphatic heterocycles. The van der Waals surface area contributed by atoms with Crippen LogP contribution >= 0.6 is 0 Å². The molecule has 1 unspecified atom stereocenters. The van der Waals surface area contributed by atoms with Crippen LogP contribution in [0.5, 0.6) is 0 Å². The quantitative estimate of drug-likeness (QED) is 0.630. The zero-order valence-electron chi connectivity index (χ0n) is 16.0. The standard InChI is InChI=1S/C21H22N4O4/c26-19(11-17-16-3-1-2-4-18(16)29-23-17)25-8-5-21(6-9-25)12-15(28-20(21)27)13-24-10-7-22-14-24/h1-4,7,10,14-15H,5-6,8-9,11-13H2. The van der Waals surface area contributed by atoms with Crippen molar-refractivity contribution in [2.75, 3.05) is 13.1 Å². The van der Waals surface area contributed by atoms with Gasteiger partial charge in [-0.3, -0.25) is 9.59 Å². The van der Waals surface area contributed by atoms with Gasteiger partial charge < -0.3 is 18.7 Å². The number of amides is 1. The summed E-state index contributed by atoms with van der Waals surface area (Å²) in [5, 5.41) is 4.93. The third-order valence-corrected chi connectivity index (χ3v) is 6.14. The molecule has 29 heavy (non-hydrogen) atoms. The molecule has 1 atom stereocenters. The lowest BCUT2D eigenvalue weighted by molar-refractivity contribution is -0.152. The van der Waals surface area contributed by atoms with Crippen LogP contribution < -0.4 is 0 Å². The van der Waals surface area contributed by atoms with E-state index in [-0.39, 0.29) is 24.4 Å². The number of imidazole rings is 1. The smallest absolute Gasteiger partial charge is 0.312 e. The van der Waals surface area contributed by atoms with E-state index in [1.54, 1.807) is 12.5 Å². The minimum atomic E-state index is -0.470. The van der Waals surface area contributed by atoms with E-state index in [0.717, 1.165) is 5.39 Å². The number of nitrogens with zero attached hydrogens (tertiary/aromatic N) is 4. The van der Waals surface area contributed by atoms with E-state index < -0.39 is 5.41 Å². The number of carbonyl (C=O) groups is 2. The van der Waals surface area contributed by atoms with Crippen LogP contribution in [0.25, 0.3) is 11.0 Å². The Kier molecular flexibility index (Phi) is 4.34. The third kappa shape index (κ3) is 3.28. The number of cyclic esters (lactones) is 1. The Morgan fingerprint density at radius 1 is 1.24 bits per heavy atom. The summed E-state index contributed by atoms with van der Waals surface area (Å²) in [7, 11) is 0. The maximum absolute atomic E-state index is 12.8. The number of hydrogen-bond acceptors (Lipinski definition) is 6. The van der Waals surface area contributed by atoms with Crippen molar-refractivity contribution in [3.8, 4) is 0 Å². The Morgan fingerprint density at radius 3 is 2.86 bits per heavy atom. The molecule has 2 saturated heterocycles. The highest BCUT2D eigenvalue weighted by Gasteiger charge is 2.50. The fourth-order valence-electron chi connectivity index (χ4n) is 4.48. The van der Waals surface area contributed by atoms with Gasteiger partial charge >= 0.3 is 5.97 Å². The van der Waals surface area contributed by atoms with Gasteiger partial charge in [0.15, 0.2) is 5.58 Å². The van der Waals surface area contributed by atoms with Crippen molar-refractivity contribution in [2.45, 2.75) is 38.3 Å². The molecule has 1 amide bonds. The van der Waals surface area contributed by atoms with Gasteiger partial charge in [-0.05, 0) is 25.0 Å². The lowest BCUT2D eigenvalue weighted by Gasteiger charge is -2.36. The van der Waals surface area contributed by atoms with Crippen LogP contribution in [0.15, 0.2) is 47.5 Å². The minimum Gasteiger partial charge on any atom is -0.460 e. The highest BCUT2D eigenvalue weighted by molar-refractivity contribution is 5.86. The summed E-state index contributed by atoms with van der Waals surface area (Å²) >= 11 is 0. The topological polar surface area (TPSA) is 90.5 Å². The summed E-state index contributed by atoms with van der Waals surface area (Å²) in [5.74, 6) is -0.113. The van der Waals surface area contributed by atoms with Gasteiger partial charge in [-0.1, -0.05) is 17.3 Å². The number of hydrogen-bond donors (Lipinski definition) is 0. The van der Waals surface area contributed by atoms with Crippen LogP contribution in [-0.4, -0.2) is 50.7 Å². The monoisotopic (exact) mass is 394 g/mol. The maximum Gasteiger partial charge on any atom is 0.312 e. The van der Waals surface area contributed by atoms with E-state index in [2.05, 4.69) is 10.1 Å². The first-order chi connectivity index (χ1) is 14.1. The van der Waals surface area contributed by atoms with Crippen molar-refractivity contribution < 1.29 is 18.8 Å². The predicted molar refractivity (Wildman–Crippen MR) is 103 cm³/mol. The van der Waals surface area contributed by atoms with Gasteiger partial charge in [0.1, 0.15) is 11.8 Å². The van der Waals surface area contributed by atoms with Gasteiger partial charge in [-0.25, -0.2) is 4.98 Å². The van der Waals surface area contributed by atoms with Crippen LogP contribution in [-0.2, 0) is 27.3 Å². The van der Waals surface area contributed by atoms with Crippen LogP contribution in [0.3, 0.4) is 0 Å². The lowest BCUT2D eigenvalue weighted by atomic mass is 9.76. The number of ether oxygens (including phenoxy) is 1. The number of benzene rings is 1. The second-order valence-electron chi connectivity index (χ2n) is 7.95. The molecule has 0 radical (unpaired) electrons. The van der Waals surface area contributed by atoms with E-state index in [1.807, 2.05) is 39.9 Å². The molecule has 0 N–H and O–H groups in total. The highest BCUT2D eigenvalue weighted by Crippen LogP contribution is 2.43. The molecule has 5 rings (SSSR count). The lowest BCUT2D eigenvalue weighted by Crippen LogP contribution is -2.45. The molecule has 0 saturated carbocycles. The normalized spacial score (nSPS) is 21.0. The number of rotatable bonds is 4. The SMILES string of the molecule is O=C(Cc1noc2ccccc12)N1CCC2(CC1)CC(Cn1ccnc1)OC2=O. The minimum absolute atomic E-state index is 0.0141. The molecule has 0 aliphatic carbocycles. The van der Waals surface area contributed by atoms with E-state index >= 15 is 0 Å². The average Bonchev–Trinajstić information content (AvgIpc) is 3.44. The van der Waals surface area contributed by atoms with Gasteiger partial charge in [0, 0.05) is 37.3 Å². The number of carbonyl (C=O) groups excluding carboxylic acids is 2. The molecule has 2 aromatic heterocycles. The van der Waals surface area contributed by atoms with Gasteiger partial charge in [-0.15, -0.1) is 0 Å². The Bertz CT molecular complexity index is 1030. The molecule has 1 spiro atoms. The third-order valence-electron chi connectivity index (χ3n) is 6.14. The molecule has 1 aromatic carbocycles. The Labute approximate surface area is 167 Å². The summed E-state index contributed by atoms with van der Waals surface area (Å²) in [6.07, 6.45) is 7.35. The molecule has 150 valence electrons. The molecule has 8 nitrogen and oxygen atoms in total. The number of para-hydroxylation sites is 1. The van der Waals surface area contributed by atoms with Gasteiger partial charge in [0.05, 0.1) is 24.7 Å². The second kappa shape index (κ2) is 7.02. The number of piperidine rings is 1. The maximum atomic E-state index is 12.8. The predicted octanol–water partition coefficient (Wildman–Crippen LogP) is 2.19. The summed E-state index contributed by atoms with van der Waals surface area (Å²) in [6, 6.07) is 7.54. The zero-order chi connectivity index (χ0) is 19.8. The van der Waals surface area contributed by atoms with E-state index in [1.165, 1.54) is 0 Å². The molecule has 3 aromatic rings. The first-order valence-electron chi connectivity index (χ1n) is 9.91.